The molecule has 2 nitrogen and oxygen atoms in total. The summed E-state index contributed by atoms with van der Waals surface area (Å²) in [5.74, 6) is 0. The van der Waals surface area contributed by atoms with Gasteiger partial charge in [-0.1, -0.05) is 27.7 Å². The van der Waals surface area contributed by atoms with Crippen molar-refractivity contribution in [1.82, 2.24) is 0 Å². The van der Waals surface area contributed by atoms with Gasteiger partial charge in [-0.15, -0.1) is 0 Å². The van der Waals surface area contributed by atoms with Gasteiger partial charge in [-0.3, -0.25) is 0 Å². The Morgan fingerprint density at radius 3 is 2.14 bits per heavy atom. The molecule has 0 aromatic heterocycles. The Kier molecular flexibility index (Phi) is 6.38. The smallest absolute Gasteiger partial charge is 0.0831 e. The number of ether oxygens (including phenoxy) is 1. The molecule has 0 bridgehead atoms. The van der Waals surface area contributed by atoms with Gasteiger partial charge in [-0.2, -0.15) is 0 Å². The molecular formula is C12H26O2. The highest BCUT2D eigenvalue weighted by molar-refractivity contribution is 4.71. The number of hydrogen-bond acceptors (Lipinski definition) is 2. The Bertz CT molecular complexity index is 138. The molecule has 0 aromatic rings. The maximum Gasteiger partial charge on any atom is 0.0831 e. The minimum absolute atomic E-state index is 0.0161. The van der Waals surface area contributed by atoms with Crippen molar-refractivity contribution < 1.29 is 9.84 Å². The second kappa shape index (κ2) is 6.41. The van der Waals surface area contributed by atoms with Gasteiger partial charge in [0.1, 0.15) is 0 Å². The fraction of sp³-hybridized carbons (Fsp3) is 1.00. The molecule has 0 radical (unpaired) electrons. The van der Waals surface area contributed by atoms with E-state index in [2.05, 4.69) is 27.7 Å². The van der Waals surface area contributed by atoms with E-state index in [0.717, 1.165) is 19.3 Å². The Morgan fingerprint density at radius 2 is 1.79 bits per heavy atom. The first-order valence-corrected chi connectivity index (χ1v) is 5.70. The fourth-order valence-electron chi connectivity index (χ4n) is 1.48. The maximum absolute atomic E-state index is 9.88. The standard InChI is InChI=1S/C12H26O2/c1-6-11(14-7-2)10(13)8-9-12(3,4)5/h10-11,13H,6-9H2,1-5H3. The largest absolute Gasteiger partial charge is 0.390 e. The van der Waals surface area contributed by atoms with Crippen molar-refractivity contribution >= 4 is 0 Å². The monoisotopic (exact) mass is 202 g/mol. The van der Waals surface area contributed by atoms with Crippen molar-refractivity contribution in [2.45, 2.75) is 66.1 Å². The van der Waals surface area contributed by atoms with E-state index in [9.17, 15) is 5.11 Å². The lowest BCUT2D eigenvalue weighted by atomic mass is 9.88. The van der Waals surface area contributed by atoms with Crippen LogP contribution in [0.1, 0.15) is 53.9 Å². The van der Waals surface area contributed by atoms with Crippen LogP contribution in [0, 0.1) is 5.41 Å². The molecule has 2 unspecified atom stereocenters. The topological polar surface area (TPSA) is 29.5 Å². The summed E-state index contributed by atoms with van der Waals surface area (Å²) in [5, 5.41) is 9.88. The molecule has 0 aliphatic heterocycles. The highest BCUT2D eigenvalue weighted by atomic mass is 16.5. The molecule has 0 rings (SSSR count). The van der Waals surface area contributed by atoms with Crippen LogP contribution in [-0.4, -0.2) is 23.9 Å². The van der Waals surface area contributed by atoms with Gasteiger partial charge in [0.2, 0.25) is 0 Å². The molecule has 0 fully saturated rings. The second-order valence-corrected chi connectivity index (χ2v) is 5.07. The molecule has 1 N–H and O–H groups in total. The minimum atomic E-state index is -0.306. The fourth-order valence-corrected chi connectivity index (χ4v) is 1.48. The van der Waals surface area contributed by atoms with Gasteiger partial charge >= 0.3 is 0 Å². The molecule has 2 atom stereocenters. The molecule has 0 aromatic carbocycles. The van der Waals surface area contributed by atoms with Crippen molar-refractivity contribution in [2.75, 3.05) is 6.61 Å². The summed E-state index contributed by atoms with van der Waals surface area (Å²) in [6, 6.07) is 0. The Morgan fingerprint density at radius 1 is 1.21 bits per heavy atom. The van der Waals surface area contributed by atoms with Crippen molar-refractivity contribution in [1.29, 1.82) is 0 Å². The Hall–Kier alpha value is -0.0800. The molecular weight excluding hydrogens is 176 g/mol. The predicted molar refractivity (Wildman–Crippen MR) is 60.4 cm³/mol. The van der Waals surface area contributed by atoms with Crippen LogP contribution in [0.15, 0.2) is 0 Å². The van der Waals surface area contributed by atoms with Crippen LogP contribution in [-0.2, 0) is 4.74 Å². The third-order valence-electron chi connectivity index (χ3n) is 2.40. The molecule has 0 amide bonds. The van der Waals surface area contributed by atoms with Gasteiger partial charge in [0, 0.05) is 6.61 Å². The first-order valence-electron chi connectivity index (χ1n) is 5.70. The average Bonchev–Trinajstić information content (AvgIpc) is 2.09. The molecule has 0 heterocycles. The van der Waals surface area contributed by atoms with Crippen molar-refractivity contribution in [3.8, 4) is 0 Å². The van der Waals surface area contributed by atoms with E-state index in [1.807, 2.05) is 6.92 Å². The van der Waals surface area contributed by atoms with Crippen LogP contribution in [0.4, 0.5) is 0 Å². The molecule has 0 aliphatic carbocycles. The van der Waals surface area contributed by atoms with E-state index in [1.165, 1.54) is 0 Å². The van der Waals surface area contributed by atoms with E-state index in [-0.39, 0.29) is 12.2 Å². The highest BCUT2D eigenvalue weighted by Crippen LogP contribution is 2.23. The zero-order valence-corrected chi connectivity index (χ0v) is 10.3. The quantitative estimate of drug-likeness (QED) is 0.717. The summed E-state index contributed by atoms with van der Waals surface area (Å²) < 4.78 is 5.47. The van der Waals surface area contributed by atoms with Crippen molar-refractivity contribution in [3.05, 3.63) is 0 Å². The summed E-state index contributed by atoms with van der Waals surface area (Å²) in [5.41, 5.74) is 0.297. The molecule has 14 heavy (non-hydrogen) atoms. The predicted octanol–water partition coefficient (Wildman–Crippen LogP) is 2.99. The Labute approximate surface area is 88.7 Å². The van der Waals surface area contributed by atoms with E-state index in [0.29, 0.717) is 12.0 Å². The van der Waals surface area contributed by atoms with Crippen LogP contribution in [0.2, 0.25) is 0 Å². The molecule has 0 aliphatic rings. The average molecular weight is 202 g/mol. The lowest BCUT2D eigenvalue weighted by molar-refractivity contribution is -0.0407. The van der Waals surface area contributed by atoms with E-state index in [4.69, 9.17) is 4.74 Å². The normalized spacial score (nSPS) is 16.7. The second-order valence-electron chi connectivity index (χ2n) is 5.07. The number of rotatable bonds is 6. The third-order valence-corrected chi connectivity index (χ3v) is 2.40. The summed E-state index contributed by atoms with van der Waals surface area (Å²) in [4.78, 5) is 0. The van der Waals surface area contributed by atoms with Gasteiger partial charge in [0.25, 0.3) is 0 Å². The summed E-state index contributed by atoms with van der Waals surface area (Å²) >= 11 is 0. The lowest BCUT2D eigenvalue weighted by Gasteiger charge is -2.25. The molecule has 0 saturated heterocycles. The van der Waals surface area contributed by atoms with Crippen molar-refractivity contribution in [3.63, 3.8) is 0 Å². The van der Waals surface area contributed by atoms with Crippen LogP contribution < -0.4 is 0 Å². The van der Waals surface area contributed by atoms with Gasteiger partial charge in [0.15, 0.2) is 0 Å². The Balaban J connectivity index is 3.85. The molecule has 0 saturated carbocycles. The number of aliphatic hydroxyl groups is 1. The lowest BCUT2D eigenvalue weighted by Crippen LogP contribution is -2.29. The van der Waals surface area contributed by atoms with Gasteiger partial charge in [-0.25, -0.2) is 0 Å². The third kappa shape index (κ3) is 6.39. The number of hydrogen-bond donors (Lipinski definition) is 1. The zero-order valence-electron chi connectivity index (χ0n) is 10.3. The molecule has 0 spiro atoms. The summed E-state index contributed by atoms with van der Waals surface area (Å²) in [6.45, 7) is 11.3. The van der Waals surface area contributed by atoms with E-state index < -0.39 is 0 Å². The number of aliphatic hydroxyl groups excluding tert-OH is 1. The molecule has 2 heteroatoms. The van der Waals surface area contributed by atoms with Gasteiger partial charge in [-0.05, 0) is 31.6 Å². The van der Waals surface area contributed by atoms with Crippen LogP contribution in [0.5, 0.6) is 0 Å². The summed E-state index contributed by atoms with van der Waals surface area (Å²) in [6.07, 6.45) is 2.47. The van der Waals surface area contributed by atoms with Gasteiger partial charge in [0.05, 0.1) is 12.2 Å². The molecule has 86 valence electrons. The van der Waals surface area contributed by atoms with E-state index in [1.54, 1.807) is 0 Å². The van der Waals surface area contributed by atoms with Crippen LogP contribution in [0.25, 0.3) is 0 Å². The highest BCUT2D eigenvalue weighted by Gasteiger charge is 2.20. The summed E-state index contributed by atoms with van der Waals surface area (Å²) in [7, 11) is 0. The van der Waals surface area contributed by atoms with Gasteiger partial charge < -0.3 is 9.84 Å². The first-order chi connectivity index (χ1) is 6.40. The first kappa shape index (κ1) is 13.9. The van der Waals surface area contributed by atoms with E-state index >= 15 is 0 Å². The van der Waals surface area contributed by atoms with Crippen LogP contribution in [0.3, 0.4) is 0 Å². The SMILES string of the molecule is CCOC(CC)C(O)CCC(C)(C)C. The zero-order chi connectivity index (χ0) is 11.2. The maximum atomic E-state index is 9.88. The van der Waals surface area contributed by atoms with Crippen LogP contribution >= 0.6 is 0 Å². The van der Waals surface area contributed by atoms with Crippen molar-refractivity contribution in [2.24, 2.45) is 5.41 Å². The minimum Gasteiger partial charge on any atom is -0.390 e.